The Labute approximate surface area is 68.2 Å². The third-order valence-corrected chi connectivity index (χ3v) is 1.99. The first-order valence-corrected chi connectivity index (χ1v) is 4.33. The Kier molecular flexibility index (Phi) is 3.30. The summed E-state index contributed by atoms with van der Waals surface area (Å²) in [6.07, 6.45) is 0.650. The van der Waals surface area contributed by atoms with Gasteiger partial charge in [0.05, 0.1) is 6.10 Å². The van der Waals surface area contributed by atoms with Gasteiger partial charge in [-0.15, -0.1) is 0 Å². The van der Waals surface area contributed by atoms with E-state index in [9.17, 15) is 0 Å². The fourth-order valence-corrected chi connectivity index (χ4v) is 1.56. The van der Waals surface area contributed by atoms with Gasteiger partial charge in [0.15, 0.2) is 0 Å². The summed E-state index contributed by atoms with van der Waals surface area (Å²) in [6, 6.07) is 0.978. The third-order valence-electron chi connectivity index (χ3n) is 1.99. The molecule has 0 amide bonds. The van der Waals surface area contributed by atoms with E-state index in [1.165, 1.54) is 0 Å². The molecule has 3 N–H and O–H groups in total. The van der Waals surface area contributed by atoms with Crippen LogP contribution < -0.4 is 10.6 Å². The van der Waals surface area contributed by atoms with Crippen molar-refractivity contribution in [3.63, 3.8) is 0 Å². The van der Waals surface area contributed by atoms with Crippen LogP contribution in [-0.2, 0) is 0 Å². The maximum atomic E-state index is 9.12. The van der Waals surface area contributed by atoms with Crippen LogP contribution in [0.5, 0.6) is 0 Å². The molecule has 1 saturated heterocycles. The molecule has 1 aliphatic rings. The van der Waals surface area contributed by atoms with E-state index in [4.69, 9.17) is 5.11 Å². The van der Waals surface area contributed by atoms with Gasteiger partial charge in [0, 0.05) is 25.2 Å². The van der Waals surface area contributed by atoms with E-state index in [1.807, 2.05) is 6.92 Å². The van der Waals surface area contributed by atoms with Crippen molar-refractivity contribution in [3.05, 3.63) is 0 Å². The summed E-state index contributed by atoms with van der Waals surface area (Å²) in [6.45, 7) is 6.01. The van der Waals surface area contributed by atoms with Crippen LogP contribution in [0.2, 0.25) is 0 Å². The minimum absolute atomic E-state index is 0.195. The van der Waals surface area contributed by atoms with Crippen molar-refractivity contribution >= 4 is 0 Å². The molecule has 11 heavy (non-hydrogen) atoms. The Morgan fingerprint density at radius 3 is 2.82 bits per heavy atom. The Hall–Kier alpha value is -0.120. The summed E-state index contributed by atoms with van der Waals surface area (Å²) >= 11 is 0. The van der Waals surface area contributed by atoms with E-state index in [2.05, 4.69) is 17.6 Å². The predicted octanol–water partition coefficient (Wildman–Crippen LogP) is -0.293. The molecule has 3 heteroatoms. The molecular weight excluding hydrogens is 140 g/mol. The summed E-state index contributed by atoms with van der Waals surface area (Å²) < 4.78 is 0. The van der Waals surface area contributed by atoms with Gasteiger partial charge in [-0.25, -0.2) is 0 Å². The summed E-state index contributed by atoms with van der Waals surface area (Å²) in [5, 5.41) is 15.9. The quantitative estimate of drug-likeness (QED) is 0.517. The van der Waals surface area contributed by atoms with E-state index >= 15 is 0 Å². The number of nitrogens with one attached hydrogen (secondary N) is 2. The summed E-state index contributed by atoms with van der Waals surface area (Å²) in [5.41, 5.74) is 0. The highest BCUT2D eigenvalue weighted by Crippen LogP contribution is 2.01. The van der Waals surface area contributed by atoms with Crippen molar-refractivity contribution in [2.24, 2.45) is 0 Å². The van der Waals surface area contributed by atoms with Gasteiger partial charge >= 0.3 is 0 Å². The summed E-state index contributed by atoms with van der Waals surface area (Å²) in [4.78, 5) is 0. The van der Waals surface area contributed by atoms with Gasteiger partial charge in [-0.3, -0.25) is 0 Å². The minimum Gasteiger partial charge on any atom is -0.393 e. The topological polar surface area (TPSA) is 44.3 Å². The van der Waals surface area contributed by atoms with E-state index in [-0.39, 0.29) is 6.10 Å². The fraction of sp³-hybridized carbons (Fsp3) is 1.00. The Balaban J connectivity index is 2.23. The maximum absolute atomic E-state index is 9.12. The zero-order chi connectivity index (χ0) is 8.27. The molecule has 3 nitrogen and oxygen atoms in total. The van der Waals surface area contributed by atoms with Crippen molar-refractivity contribution in [1.29, 1.82) is 0 Å². The lowest BCUT2D eigenvalue weighted by atomic mass is 10.1. The molecule has 0 saturated carbocycles. The van der Waals surface area contributed by atoms with Gasteiger partial charge in [-0.2, -0.15) is 0 Å². The van der Waals surface area contributed by atoms with Crippen molar-refractivity contribution in [3.8, 4) is 0 Å². The third kappa shape index (κ3) is 3.18. The van der Waals surface area contributed by atoms with Crippen LogP contribution in [0, 0.1) is 0 Å². The van der Waals surface area contributed by atoms with E-state index < -0.39 is 0 Å². The zero-order valence-corrected chi connectivity index (χ0v) is 7.30. The molecule has 66 valence electrons. The van der Waals surface area contributed by atoms with Crippen LogP contribution in [0.4, 0.5) is 0 Å². The molecule has 0 aliphatic carbocycles. The van der Waals surface area contributed by atoms with Gasteiger partial charge in [0.1, 0.15) is 0 Å². The molecule has 0 radical (unpaired) electrons. The second kappa shape index (κ2) is 4.04. The average Bonchev–Trinajstić information content (AvgIpc) is 1.85. The molecule has 1 fully saturated rings. The highest BCUT2D eigenvalue weighted by atomic mass is 16.3. The van der Waals surface area contributed by atoms with E-state index in [0.29, 0.717) is 12.1 Å². The van der Waals surface area contributed by atoms with Crippen molar-refractivity contribution in [2.75, 3.05) is 13.1 Å². The average molecular weight is 158 g/mol. The maximum Gasteiger partial charge on any atom is 0.0527 e. The Bertz CT molecular complexity index is 115. The fourth-order valence-electron chi connectivity index (χ4n) is 1.56. The van der Waals surface area contributed by atoms with Crippen LogP contribution in [0.1, 0.15) is 20.3 Å². The van der Waals surface area contributed by atoms with Crippen molar-refractivity contribution in [1.82, 2.24) is 10.6 Å². The van der Waals surface area contributed by atoms with Gasteiger partial charge in [-0.1, -0.05) is 0 Å². The molecule has 0 aromatic rings. The molecule has 0 spiro atoms. The van der Waals surface area contributed by atoms with Gasteiger partial charge in [0.25, 0.3) is 0 Å². The van der Waals surface area contributed by atoms with Crippen LogP contribution in [-0.4, -0.2) is 36.4 Å². The molecule has 0 aromatic heterocycles. The van der Waals surface area contributed by atoms with Crippen LogP contribution in [0.3, 0.4) is 0 Å². The molecule has 0 aromatic carbocycles. The lowest BCUT2D eigenvalue weighted by molar-refractivity contribution is 0.158. The SMILES string of the molecule is CC(O)CC1CNCC(C)N1. The minimum atomic E-state index is -0.195. The molecule has 3 unspecified atom stereocenters. The predicted molar refractivity (Wildman–Crippen MR) is 45.6 cm³/mol. The van der Waals surface area contributed by atoms with Crippen LogP contribution in [0.25, 0.3) is 0 Å². The van der Waals surface area contributed by atoms with Gasteiger partial charge in [0.2, 0.25) is 0 Å². The molecule has 1 aliphatic heterocycles. The molecule has 1 rings (SSSR count). The van der Waals surface area contributed by atoms with Crippen LogP contribution >= 0.6 is 0 Å². The number of aliphatic hydroxyl groups is 1. The summed E-state index contributed by atoms with van der Waals surface area (Å²) in [5.74, 6) is 0. The van der Waals surface area contributed by atoms with Crippen LogP contribution in [0.15, 0.2) is 0 Å². The summed E-state index contributed by atoms with van der Waals surface area (Å²) in [7, 11) is 0. The second-order valence-corrected chi connectivity index (χ2v) is 3.51. The first-order chi connectivity index (χ1) is 5.18. The first-order valence-electron chi connectivity index (χ1n) is 4.33. The van der Waals surface area contributed by atoms with Crippen molar-refractivity contribution in [2.45, 2.75) is 38.5 Å². The zero-order valence-electron chi connectivity index (χ0n) is 7.30. The number of rotatable bonds is 2. The largest absolute Gasteiger partial charge is 0.393 e. The molecular formula is C8H18N2O. The molecule has 3 atom stereocenters. The Morgan fingerprint density at radius 2 is 2.27 bits per heavy atom. The first kappa shape index (κ1) is 8.97. The molecule has 1 heterocycles. The Morgan fingerprint density at radius 1 is 1.55 bits per heavy atom. The smallest absolute Gasteiger partial charge is 0.0527 e. The monoisotopic (exact) mass is 158 g/mol. The standard InChI is InChI=1S/C8H18N2O/c1-6-4-9-5-8(10-6)3-7(2)11/h6-11H,3-5H2,1-2H3. The van der Waals surface area contributed by atoms with Gasteiger partial charge in [-0.05, 0) is 20.3 Å². The highest BCUT2D eigenvalue weighted by Gasteiger charge is 2.17. The number of aliphatic hydroxyl groups excluding tert-OH is 1. The number of piperazine rings is 1. The second-order valence-electron chi connectivity index (χ2n) is 3.51. The normalized spacial score (nSPS) is 35.2. The number of hydrogen-bond acceptors (Lipinski definition) is 3. The van der Waals surface area contributed by atoms with E-state index in [1.54, 1.807) is 0 Å². The van der Waals surface area contributed by atoms with Gasteiger partial charge < -0.3 is 15.7 Å². The molecule has 0 bridgehead atoms. The lowest BCUT2D eigenvalue weighted by Gasteiger charge is -2.30. The number of hydrogen-bond donors (Lipinski definition) is 3. The van der Waals surface area contributed by atoms with Crippen molar-refractivity contribution < 1.29 is 5.11 Å². The lowest BCUT2D eigenvalue weighted by Crippen LogP contribution is -2.54. The van der Waals surface area contributed by atoms with E-state index in [0.717, 1.165) is 19.5 Å². The highest BCUT2D eigenvalue weighted by molar-refractivity contribution is 4.81.